The summed E-state index contributed by atoms with van der Waals surface area (Å²) in [6.07, 6.45) is 1.06. The fourth-order valence-electron chi connectivity index (χ4n) is 2.66. The zero-order valence-electron chi connectivity index (χ0n) is 17.9. The minimum Gasteiger partial charge on any atom is -0.480 e. The van der Waals surface area contributed by atoms with Crippen LogP contribution in [-0.2, 0) is 30.4 Å². The number of nitrogens with zero attached hydrogens (tertiary/aromatic N) is 1. The number of H-pyrrole nitrogens is 1. The molecule has 0 bridgehead atoms. The lowest BCUT2D eigenvalue weighted by atomic mass is 10.1. The number of nitrogens with one attached hydrogen (secondary N) is 4. The third kappa shape index (κ3) is 9.46. The van der Waals surface area contributed by atoms with Crippen molar-refractivity contribution in [2.24, 2.45) is 11.5 Å². The first-order valence-corrected chi connectivity index (χ1v) is 10.5. The number of aromatic nitrogens is 2. The van der Waals surface area contributed by atoms with Crippen LogP contribution in [0.1, 0.15) is 25.5 Å². The smallest absolute Gasteiger partial charge is 0.326 e. The molecule has 5 unspecified atom stereocenters. The molecule has 0 saturated carbocycles. The molecule has 1 heterocycles. The molecule has 0 fully saturated rings. The van der Waals surface area contributed by atoms with Gasteiger partial charge >= 0.3 is 5.97 Å². The number of thiol groups is 1. The van der Waals surface area contributed by atoms with Crippen LogP contribution in [0.2, 0.25) is 0 Å². The van der Waals surface area contributed by atoms with Gasteiger partial charge in [0.05, 0.1) is 18.5 Å². The van der Waals surface area contributed by atoms with E-state index >= 15 is 0 Å². The van der Waals surface area contributed by atoms with E-state index in [4.69, 9.17) is 11.5 Å². The maximum Gasteiger partial charge on any atom is 0.326 e. The number of amides is 4. The lowest BCUT2D eigenvalue weighted by molar-refractivity contribution is -0.143. The van der Waals surface area contributed by atoms with Gasteiger partial charge in [-0.05, 0) is 13.3 Å². The Labute approximate surface area is 194 Å². The largest absolute Gasteiger partial charge is 0.480 e. The number of hydrogen-bond acceptors (Lipinski definition) is 9. The number of carbonyl (C=O) groups is 5. The first-order chi connectivity index (χ1) is 15.5. The second-order valence-electron chi connectivity index (χ2n) is 7.26. The summed E-state index contributed by atoms with van der Waals surface area (Å²) in [6.45, 7) is 1.21. The molecule has 15 heteroatoms. The van der Waals surface area contributed by atoms with Crippen LogP contribution in [0.3, 0.4) is 0 Å². The van der Waals surface area contributed by atoms with Gasteiger partial charge < -0.3 is 42.6 Å². The molecule has 33 heavy (non-hydrogen) atoms. The molecule has 0 aliphatic carbocycles. The number of aliphatic hydroxyl groups excluding tert-OH is 1. The van der Waals surface area contributed by atoms with Crippen LogP contribution in [0.5, 0.6) is 0 Å². The number of rotatable bonds is 14. The highest BCUT2D eigenvalue weighted by Crippen LogP contribution is 2.03. The van der Waals surface area contributed by atoms with Crippen molar-refractivity contribution in [1.82, 2.24) is 25.9 Å². The third-order valence-corrected chi connectivity index (χ3v) is 4.87. The van der Waals surface area contributed by atoms with Gasteiger partial charge in [-0.1, -0.05) is 0 Å². The van der Waals surface area contributed by atoms with Crippen LogP contribution in [0.25, 0.3) is 0 Å². The second kappa shape index (κ2) is 13.4. The SMILES string of the molecule is CC(O)C(NC(=O)C(CS)NC(=O)C(N)Cc1cnc[nH]1)C(=O)NC(CCC(N)=O)C(=O)O. The van der Waals surface area contributed by atoms with E-state index in [1.54, 1.807) is 0 Å². The lowest BCUT2D eigenvalue weighted by Crippen LogP contribution is -2.60. The lowest BCUT2D eigenvalue weighted by Gasteiger charge is -2.26. The molecule has 14 nitrogen and oxygen atoms in total. The first kappa shape index (κ1) is 27.9. The number of hydrogen-bond donors (Lipinski definition) is 9. The van der Waals surface area contributed by atoms with Crippen molar-refractivity contribution in [3.8, 4) is 0 Å². The van der Waals surface area contributed by atoms with Crippen molar-refractivity contribution in [2.45, 2.75) is 56.5 Å². The predicted molar refractivity (Wildman–Crippen MR) is 118 cm³/mol. The Balaban J connectivity index is 2.77. The normalized spacial score (nSPS) is 15.4. The summed E-state index contributed by atoms with van der Waals surface area (Å²) >= 11 is 4.03. The van der Waals surface area contributed by atoms with Gasteiger partial charge in [0.2, 0.25) is 23.6 Å². The van der Waals surface area contributed by atoms with E-state index in [0.29, 0.717) is 5.69 Å². The maximum atomic E-state index is 12.6. The van der Waals surface area contributed by atoms with Crippen LogP contribution < -0.4 is 27.4 Å². The Kier molecular flexibility index (Phi) is 11.3. The molecule has 0 aliphatic heterocycles. The zero-order valence-corrected chi connectivity index (χ0v) is 18.7. The topological polar surface area (TPSA) is 243 Å². The molecule has 0 spiro atoms. The van der Waals surface area contributed by atoms with E-state index in [2.05, 4.69) is 38.5 Å². The molecular formula is C18H29N7O7S. The van der Waals surface area contributed by atoms with Crippen LogP contribution >= 0.6 is 12.6 Å². The van der Waals surface area contributed by atoms with Gasteiger partial charge in [-0.15, -0.1) is 0 Å². The van der Waals surface area contributed by atoms with E-state index in [9.17, 15) is 34.2 Å². The fourth-order valence-corrected chi connectivity index (χ4v) is 2.92. The number of primary amides is 1. The van der Waals surface area contributed by atoms with Crippen molar-refractivity contribution in [2.75, 3.05) is 5.75 Å². The molecule has 0 saturated heterocycles. The summed E-state index contributed by atoms with van der Waals surface area (Å²) < 4.78 is 0. The third-order valence-electron chi connectivity index (χ3n) is 4.50. The number of nitrogens with two attached hydrogens (primary N) is 2. The molecule has 0 radical (unpaired) electrons. The van der Waals surface area contributed by atoms with E-state index in [1.165, 1.54) is 19.4 Å². The van der Waals surface area contributed by atoms with Gasteiger partial charge in [0.1, 0.15) is 18.1 Å². The Bertz CT molecular complexity index is 834. The van der Waals surface area contributed by atoms with Crippen LogP contribution in [0.4, 0.5) is 0 Å². The predicted octanol–water partition coefficient (Wildman–Crippen LogP) is -3.61. The first-order valence-electron chi connectivity index (χ1n) is 9.90. The number of aliphatic carboxylic acids is 1. The van der Waals surface area contributed by atoms with Gasteiger partial charge in [0.25, 0.3) is 0 Å². The van der Waals surface area contributed by atoms with Gasteiger partial charge in [0, 0.05) is 30.5 Å². The standard InChI is InChI=1S/C18H29N7O7S/c1-8(26)14(17(30)23-11(18(31)32)2-3-13(20)27)25-16(29)12(6-33)24-15(28)10(19)4-9-5-21-7-22-9/h5,7-8,10-12,14,26,33H,2-4,6,19H2,1H3,(H2,20,27)(H,21,22)(H,23,30)(H,24,28)(H,25,29)(H,31,32). The van der Waals surface area contributed by atoms with E-state index in [0.717, 1.165) is 0 Å². The Morgan fingerprint density at radius 3 is 2.24 bits per heavy atom. The molecule has 1 rings (SSSR count). The quantitative estimate of drug-likeness (QED) is 0.117. The Hall–Kier alpha value is -3.17. The summed E-state index contributed by atoms with van der Waals surface area (Å²) in [5.41, 5.74) is 11.4. The molecular weight excluding hydrogens is 458 g/mol. The summed E-state index contributed by atoms with van der Waals surface area (Å²) in [5, 5.41) is 26.0. The molecule has 4 amide bonds. The van der Waals surface area contributed by atoms with Crippen LogP contribution in [0, 0.1) is 0 Å². The van der Waals surface area contributed by atoms with Crippen LogP contribution in [-0.4, -0.2) is 85.8 Å². The average molecular weight is 488 g/mol. The van der Waals surface area contributed by atoms with Crippen LogP contribution in [0.15, 0.2) is 12.5 Å². The molecule has 0 aromatic carbocycles. The Morgan fingerprint density at radius 2 is 1.76 bits per heavy atom. The molecule has 0 aliphatic rings. The monoisotopic (exact) mass is 487 g/mol. The van der Waals surface area contributed by atoms with Gasteiger partial charge in [0.15, 0.2) is 0 Å². The second-order valence-corrected chi connectivity index (χ2v) is 7.63. The van der Waals surface area contributed by atoms with E-state index in [-0.39, 0.29) is 25.0 Å². The maximum absolute atomic E-state index is 12.6. The van der Waals surface area contributed by atoms with Gasteiger partial charge in [-0.2, -0.15) is 12.6 Å². The molecule has 5 atom stereocenters. The van der Waals surface area contributed by atoms with Crippen molar-refractivity contribution >= 4 is 42.2 Å². The molecule has 1 aromatic rings. The summed E-state index contributed by atoms with van der Waals surface area (Å²) in [6, 6.07) is -5.22. The van der Waals surface area contributed by atoms with Crippen molar-refractivity contribution in [3.63, 3.8) is 0 Å². The van der Waals surface area contributed by atoms with Crippen molar-refractivity contribution < 1.29 is 34.2 Å². The summed E-state index contributed by atoms with van der Waals surface area (Å²) in [7, 11) is 0. The van der Waals surface area contributed by atoms with Gasteiger partial charge in [-0.3, -0.25) is 19.2 Å². The van der Waals surface area contributed by atoms with E-state index in [1.807, 2.05) is 0 Å². The average Bonchev–Trinajstić information content (AvgIpc) is 3.24. The molecule has 184 valence electrons. The molecule has 1 aromatic heterocycles. The highest BCUT2D eigenvalue weighted by Gasteiger charge is 2.32. The minimum atomic E-state index is -1.55. The fraction of sp³-hybridized carbons (Fsp3) is 0.556. The van der Waals surface area contributed by atoms with E-state index < -0.39 is 59.9 Å². The number of imidazole rings is 1. The highest BCUT2D eigenvalue weighted by atomic mass is 32.1. The zero-order chi connectivity index (χ0) is 25.1. The number of carboxylic acids is 1. The number of carboxylic acid groups (broad SMARTS) is 1. The van der Waals surface area contributed by atoms with Gasteiger partial charge in [-0.25, -0.2) is 9.78 Å². The minimum absolute atomic E-state index is 0.132. The number of carbonyl (C=O) groups excluding carboxylic acids is 4. The number of aromatic amines is 1. The highest BCUT2D eigenvalue weighted by molar-refractivity contribution is 7.80. The summed E-state index contributed by atoms with van der Waals surface area (Å²) in [4.78, 5) is 66.3. The molecule has 10 N–H and O–H groups in total. The van der Waals surface area contributed by atoms with Crippen molar-refractivity contribution in [1.29, 1.82) is 0 Å². The number of aliphatic hydroxyl groups is 1. The summed E-state index contributed by atoms with van der Waals surface area (Å²) in [5.74, 6) is -4.85. The Morgan fingerprint density at radius 1 is 1.12 bits per heavy atom. The van der Waals surface area contributed by atoms with Crippen molar-refractivity contribution in [3.05, 3.63) is 18.2 Å².